The van der Waals surface area contributed by atoms with E-state index in [4.69, 9.17) is 5.73 Å². The highest BCUT2D eigenvalue weighted by Crippen LogP contribution is 2.30. The van der Waals surface area contributed by atoms with Crippen LogP contribution in [0.5, 0.6) is 0 Å². The Balaban J connectivity index is 1.29. The first-order chi connectivity index (χ1) is 19.9. The molecule has 1 atom stereocenters. The zero-order valence-corrected chi connectivity index (χ0v) is 22.7. The van der Waals surface area contributed by atoms with Crippen LogP contribution in [0.4, 0.5) is 15.9 Å². The number of hydrogen-bond acceptors (Lipinski definition) is 8. The fraction of sp³-hybridized carbons (Fsp3) is 0.226. The minimum Gasteiger partial charge on any atom is -0.382 e. The maximum atomic E-state index is 13.3. The molecule has 0 saturated carbocycles. The molecule has 0 spiro atoms. The van der Waals surface area contributed by atoms with Gasteiger partial charge in [0.1, 0.15) is 23.5 Å². The number of nitrogens with one attached hydrogen (secondary N) is 3. The van der Waals surface area contributed by atoms with Gasteiger partial charge in [-0.15, -0.1) is 0 Å². The number of hydrogen-bond donors (Lipinski definition) is 4. The molecule has 3 aromatic rings. The van der Waals surface area contributed by atoms with Crippen molar-refractivity contribution in [3.63, 3.8) is 0 Å². The molecule has 5 rings (SSSR count). The number of nitrogens with two attached hydrogens (primary N) is 1. The highest BCUT2D eigenvalue weighted by Gasteiger charge is 2.23. The van der Waals surface area contributed by atoms with Crippen molar-refractivity contribution in [1.29, 1.82) is 5.26 Å². The Hall–Kier alpha value is -5.01. The second-order valence-corrected chi connectivity index (χ2v) is 9.84. The minimum absolute atomic E-state index is 0.253. The second-order valence-electron chi connectivity index (χ2n) is 9.84. The van der Waals surface area contributed by atoms with Crippen LogP contribution >= 0.6 is 0 Å². The lowest BCUT2D eigenvalue weighted by Gasteiger charge is -2.32. The van der Waals surface area contributed by atoms with Gasteiger partial charge in [0.2, 0.25) is 0 Å². The monoisotopic (exact) mass is 550 g/mol. The van der Waals surface area contributed by atoms with Crippen molar-refractivity contribution in [3.05, 3.63) is 112 Å². The molecule has 3 heterocycles. The molecule has 0 fully saturated rings. The smallest absolute Gasteiger partial charge is 0.255 e. The summed E-state index contributed by atoms with van der Waals surface area (Å²) >= 11 is 0. The number of allylic oxidation sites excluding steroid dienone is 1. The van der Waals surface area contributed by atoms with Gasteiger partial charge < -0.3 is 26.6 Å². The number of carbonyl (C=O) groups excluding carboxylic acids is 1. The molecule has 0 radical (unpaired) electrons. The van der Waals surface area contributed by atoms with Gasteiger partial charge in [-0.2, -0.15) is 5.26 Å². The zero-order valence-electron chi connectivity index (χ0n) is 22.7. The molecule has 208 valence electrons. The first-order valence-electron chi connectivity index (χ1n) is 13.4. The average molecular weight is 551 g/mol. The Morgan fingerprint density at radius 2 is 2.00 bits per heavy atom. The molecule has 9 nitrogen and oxygen atoms in total. The normalized spacial score (nSPS) is 15.6. The van der Waals surface area contributed by atoms with E-state index in [-0.39, 0.29) is 28.9 Å². The van der Waals surface area contributed by atoms with E-state index in [1.165, 1.54) is 30.0 Å². The molecule has 41 heavy (non-hydrogen) atoms. The van der Waals surface area contributed by atoms with E-state index < -0.39 is 0 Å². The molecule has 0 bridgehead atoms. The van der Waals surface area contributed by atoms with Crippen LogP contribution in [-0.4, -0.2) is 36.7 Å². The Morgan fingerprint density at radius 3 is 2.71 bits per heavy atom. The van der Waals surface area contributed by atoms with E-state index in [0.717, 1.165) is 42.0 Å². The lowest BCUT2D eigenvalue weighted by Crippen LogP contribution is -2.34. The lowest BCUT2D eigenvalue weighted by molar-refractivity contribution is 0.0940. The van der Waals surface area contributed by atoms with Crippen molar-refractivity contribution in [2.75, 3.05) is 29.9 Å². The van der Waals surface area contributed by atoms with E-state index in [2.05, 4.69) is 36.9 Å². The van der Waals surface area contributed by atoms with Crippen molar-refractivity contribution in [1.82, 2.24) is 15.6 Å². The molecule has 2 aliphatic heterocycles. The van der Waals surface area contributed by atoms with Gasteiger partial charge in [-0.3, -0.25) is 4.79 Å². The molecular formula is C31H31FN8O. The zero-order chi connectivity index (χ0) is 28.8. The van der Waals surface area contributed by atoms with Gasteiger partial charge in [-0.1, -0.05) is 30.3 Å². The Morgan fingerprint density at radius 1 is 1.22 bits per heavy atom. The number of anilines is 2. The average Bonchev–Trinajstić information content (AvgIpc) is 3.00. The van der Waals surface area contributed by atoms with Crippen LogP contribution < -0.4 is 26.6 Å². The number of benzene rings is 2. The first-order valence-corrected chi connectivity index (χ1v) is 13.4. The van der Waals surface area contributed by atoms with E-state index in [1.807, 2.05) is 43.5 Å². The summed E-state index contributed by atoms with van der Waals surface area (Å²) < 4.78 is 13.3. The van der Waals surface area contributed by atoms with Crippen LogP contribution in [0.1, 0.15) is 46.4 Å². The molecule has 5 N–H and O–H groups in total. The van der Waals surface area contributed by atoms with Crippen molar-refractivity contribution < 1.29 is 9.18 Å². The van der Waals surface area contributed by atoms with E-state index in [0.29, 0.717) is 24.7 Å². The summed E-state index contributed by atoms with van der Waals surface area (Å²) in [7, 11) is 0. The largest absolute Gasteiger partial charge is 0.382 e. The Bertz CT molecular complexity index is 1550. The number of aromatic nitrogens is 1. The standard InChI is InChI=1S/C31H31FN8O/c1-20(23-4-6-25(32)7-5-23)39-31(41)27-16-22(17-33)19-38-30(27)37-18-21-2-8-26(9-3-21)40-15-14-36-29(34)28(40)24-10-12-35-13-11-24/h2-10,14,16,19-20,35H,11-13,15,18,34H2,1H3,(H,37,38)(H,39,41). The molecule has 0 saturated heterocycles. The van der Waals surface area contributed by atoms with Crippen LogP contribution in [0.15, 0.2) is 89.0 Å². The lowest BCUT2D eigenvalue weighted by atomic mass is 10.0. The van der Waals surface area contributed by atoms with Crippen LogP contribution in [0.2, 0.25) is 0 Å². The molecule has 2 aromatic carbocycles. The second kappa shape index (κ2) is 12.4. The van der Waals surface area contributed by atoms with Gasteiger partial charge >= 0.3 is 0 Å². The van der Waals surface area contributed by atoms with E-state index in [1.54, 1.807) is 12.1 Å². The Kier molecular flexibility index (Phi) is 8.36. The van der Waals surface area contributed by atoms with Crippen molar-refractivity contribution >= 4 is 23.6 Å². The number of rotatable bonds is 8. The number of aliphatic imine (C=N–C) groups is 1. The SMILES string of the molecule is CC(NC(=O)c1cc(C#N)cnc1NCc1ccc(N2CC=NC(N)=C2C2=CCNCC2)cc1)c1ccc(F)cc1. The third-order valence-electron chi connectivity index (χ3n) is 7.06. The summed E-state index contributed by atoms with van der Waals surface area (Å²) in [6.07, 6.45) is 6.30. The highest BCUT2D eigenvalue weighted by molar-refractivity contribution is 5.99. The summed E-state index contributed by atoms with van der Waals surface area (Å²) in [5.41, 5.74) is 11.7. The maximum Gasteiger partial charge on any atom is 0.255 e. The summed E-state index contributed by atoms with van der Waals surface area (Å²) in [5, 5.41) is 18.9. The van der Waals surface area contributed by atoms with Gasteiger partial charge in [-0.25, -0.2) is 14.4 Å². The van der Waals surface area contributed by atoms with E-state index >= 15 is 0 Å². The van der Waals surface area contributed by atoms with Crippen LogP contribution in [-0.2, 0) is 6.54 Å². The summed E-state index contributed by atoms with van der Waals surface area (Å²) in [6, 6.07) is 17.2. The number of halogens is 1. The van der Waals surface area contributed by atoms with Gasteiger partial charge in [0.05, 0.1) is 29.4 Å². The summed E-state index contributed by atoms with van der Waals surface area (Å²) in [4.78, 5) is 24.1. The van der Waals surface area contributed by atoms with Gasteiger partial charge in [-0.05, 0) is 66.9 Å². The van der Waals surface area contributed by atoms with Crippen LogP contribution in [0, 0.1) is 17.1 Å². The predicted molar refractivity (Wildman–Crippen MR) is 158 cm³/mol. The highest BCUT2D eigenvalue weighted by atomic mass is 19.1. The molecule has 1 aromatic heterocycles. The van der Waals surface area contributed by atoms with Crippen LogP contribution in [0.25, 0.3) is 0 Å². The van der Waals surface area contributed by atoms with Gasteiger partial charge in [0.15, 0.2) is 0 Å². The predicted octanol–water partition coefficient (Wildman–Crippen LogP) is 4.13. The quantitative estimate of drug-likeness (QED) is 0.332. The molecule has 0 aliphatic carbocycles. The third kappa shape index (κ3) is 6.42. The van der Waals surface area contributed by atoms with Gasteiger partial charge in [0, 0.05) is 31.2 Å². The number of carbonyl (C=O) groups is 1. The maximum absolute atomic E-state index is 13.3. The number of nitrogens with zero attached hydrogens (tertiary/aromatic N) is 4. The van der Waals surface area contributed by atoms with Crippen molar-refractivity contribution in [2.24, 2.45) is 10.7 Å². The summed E-state index contributed by atoms with van der Waals surface area (Å²) in [6.45, 7) is 4.56. The van der Waals surface area contributed by atoms with Crippen LogP contribution in [0.3, 0.4) is 0 Å². The number of amides is 1. The van der Waals surface area contributed by atoms with Gasteiger partial charge in [0.25, 0.3) is 5.91 Å². The molecule has 2 aliphatic rings. The number of pyridine rings is 1. The molecule has 1 amide bonds. The molecule has 10 heteroatoms. The first kappa shape index (κ1) is 27.6. The fourth-order valence-electron chi connectivity index (χ4n) is 4.85. The number of nitriles is 1. The Labute approximate surface area is 238 Å². The molecule has 1 unspecified atom stereocenters. The van der Waals surface area contributed by atoms with E-state index in [9.17, 15) is 14.4 Å². The summed E-state index contributed by atoms with van der Waals surface area (Å²) in [5.74, 6) is 0.143. The van der Waals surface area contributed by atoms with Crippen molar-refractivity contribution in [3.8, 4) is 6.07 Å². The van der Waals surface area contributed by atoms with Crippen molar-refractivity contribution in [2.45, 2.75) is 25.9 Å². The third-order valence-corrected chi connectivity index (χ3v) is 7.06. The minimum atomic E-state index is -0.389. The fourth-order valence-corrected chi connectivity index (χ4v) is 4.85. The topological polar surface area (TPSA) is 131 Å². The molecular weight excluding hydrogens is 519 g/mol.